The lowest BCUT2D eigenvalue weighted by Crippen LogP contribution is -2.46. The summed E-state index contributed by atoms with van der Waals surface area (Å²) >= 11 is 0. The number of halogens is 2. The number of carboxylic acids is 1. The molecule has 0 heterocycles. The molecule has 6 heteroatoms. The lowest BCUT2D eigenvalue weighted by Gasteiger charge is -2.30. The van der Waals surface area contributed by atoms with Gasteiger partial charge in [-0.05, 0) is 38.2 Å². The molecule has 2 aliphatic carbocycles. The van der Waals surface area contributed by atoms with Gasteiger partial charge >= 0.3 is 5.97 Å². The molecule has 2 saturated carbocycles. The first-order chi connectivity index (χ1) is 11.4. The molecule has 0 bridgehead atoms. The van der Waals surface area contributed by atoms with Gasteiger partial charge in [0.15, 0.2) is 0 Å². The van der Waals surface area contributed by atoms with Crippen LogP contribution < -0.4 is 5.32 Å². The van der Waals surface area contributed by atoms with E-state index in [0.29, 0.717) is 32.1 Å². The minimum Gasteiger partial charge on any atom is -0.481 e. The van der Waals surface area contributed by atoms with Crippen molar-refractivity contribution < 1.29 is 23.5 Å². The fraction of sp³-hybridized carbons (Fsp3) is 0.556. The topological polar surface area (TPSA) is 66.4 Å². The Balaban J connectivity index is 1.80. The third kappa shape index (κ3) is 3.01. The lowest BCUT2D eigenvalue weighted by molar-refractivity contribution is -0.141. The standard InChI is InChI=1S/C18H21F2NO3/c19-12-4-6-14(15(20)10-12)18(7-1-2-8-18)17(24)21-13-5-3-11(9-13)16(22)23/h4,6,10-11,13H,1-3,5,7-9H2,(H,21,24)(H,22,23)/t11-,13+/m1/s1. The van der Waals surface area contributed by atoms with Crippen LogP contribution in [0.3, 0.4) is 0 Å². The average molecular weight is 337 g/mol. The van der Waals surface area contributed by atoms with E-state index in [1.54, 1.807) is 0 Å². The van der Waals surface area contributed by atoms with Gasteiger partial charge in [0.25, 0.3) is 0 Å². The van der Waals surface area contributed by atoms with Crippen LogP contribution in [0.5, 0.6) is 0 Å². The molecule has 2 atom stereocenters. The van der Waals surface area contributed by atoms with Crippen molar-refractivity contribution in [2.24, 2.45) is 5.92 Å². The number of carbonyl (C=O) groups is 2. The van der Waals surface area contributed by atoms with Crippen LogP contribution in [-0.4, -0.2) is 23.0 Å². The number of nitrogens with one attached hydrogen (secondary N) is 1. The van der Waals surface area contributed by atoms with Gasteiger partial charge in [0.2, 0.25) is 5.91 Å². The van der Waals surface area contributed by atoms with E-state index in [2.05, 4.69) is 5.32 Å². The van der Waals surface area contributed by atoms with E-state index in [-0.39, 0.29) is 17.5 Å². The van der Waals surface area contributed by atoms with Gasteiger partial charge in [-0.15, -0.1) is 0 Å². The van der Waals surface area contributed by atoms with Crippen LogP contribution >= 0.6 is 0 Å². The van der Waals surface area contributed by atoms with Crippen LogP contribution in [-0.2, 0) is 15.0 Å². The van der Waals surface area contributed by atoms with Crippen molar-refractivity contribution in [3.05, 3.63) is 35.4 Å². The zero-order chi connectivity index (χ0) is 17.3. The van der Waals surface area contributed by atoms with Crippen LogP contribution in [0.4, 0.5) is 8.78 Å². The Labute approximate surface area is 139 Å². The van der Waals surface area contributed by atoms with Crippen LogP contribution in [0.15, 0.2) is 18.2 Å². The summed E-state index contributed by atoms with van der Waals surface area (Å²) in [4.78, 5) is 24.0. The molecule has 130 valence electrons. The molecule has 1 aromatic rings. The number of benzene rings is 1. The van der Waals surface area contributed by atoms with Crippen LogP contribution in [0.1, 0.15) is 50.5 Å². The van der Waals surface area contributed by atoms with E-state index in [9.17, 15) is 18.4 Å². The molecule has 0 saturated heterocycles. The van der Waals surface area contributed by atoms with Gasteiger partial charge in [-0.1, -0.05) is 18.9 Å². The summed E-state index contributed by atoms with van der Waals surface area (Å²) in [7, 11) is 0. The molecule has 1 aromatic carbocycles. The van der Waals surface area contributed by atoms with E-state index in [4.69, 9.17) is 5.11 Å². The predicted octanol–water partition coefficient (Wildman–Crippen LogP) is 3.15. The molecule has 0 radical (unpaired) electrons. The van der Waals surface area contributed by atoms with E-state index < -0.39 is 28.9 Å². The van der Waals surface area contributed by atoms with E-state index >= 15 is 0 Å². The summed E-state index contributed by atoms with van der Waals surface area (Å²) in [5.74, 6) is -2.89. The zero-order valence-electron chi connectivity index (χ0n) is 13.4. The summed E-state index contributed by atoms with van der Waals surface area (Å²) in [6, 6.07) is 3.17. The fourth-order valence-electron chi connectivity index (χ4n) is 4.14. The lowest BCUT2D eigenvalue weighted by atomic mass is 9.77. The first-order valence-corrected chi connectivity index (χ1v) is 8.42. The van der Waals surface area contributed by atoms with Crippen molar-refractivity contribution in [3.63, 3.8) is 0 Å². The molecule has 2 aliphatic rings. The summed E-state index contributed by atoms with van der Waals surface area (Å²) in [5.41, 5.74) is -0.731. The molecule has 0 spiro atoms. The Hall–Kier alpha value is -1.98. The van der Waals surface area contributed by atoms with Crippen molar-refractivity contribution in [1.29, 1.82) is 0 Å². The fourth-order valence-corrected chi connectivity index (χ4v) is 4.14. The van der Waals surface area contributed by atoms with Crippen molar-refractivity contribution >= 4 is 11.9 Å². The maximum atomic E-state index is 14.3. The predicted molar refractivity (Wildman–Crippen MR) is 83.4 cm³/mol. The van der Waals surface area contributed by atoms with Crippen LogP contribution in [0.2, 0.25) is 0 Å². The van der Waals surface area contributed by atoms with Crippen molar-refractivity contribution in [1.82, 2.24) is 5.32 Å². The quantitative estimate of drug-likeness (QED) is 0.887. The van der Waals surface area contributed by atoms with Crippen molar-refractivity contribution in [2.75, 3.05) is 0 Å². The average Bonchev–Trinajstić information content (AvgIpc) is 3.17. The summed E-state index contributed by atoms with van der Waals surface area (Å²) in [6.07, 6.45) is 4.23. The maximum Gasteiger partial charge on any atom is 0.306 e. The first kappa shape index (κ1) is 16.9. The molecule has 3 rings (SSSR count). The van der Waals surface area contributed by atoms with E-state index in [0.717, 1.165) is 18.9 Å². The number of amides is 1. The summed E-state index contributed by atoms with van der Waals surface area (Å²) in [6.45, 7) is 0. The molecule has 24 heavy (non-hydrogen) atoms. The van der Waals surface area contributed by atoms with Gasteiger partial charge in [-0.3, -0.25) is 9.59 Å². The van der Waals surface area contributed by atoms with Gasteiger partial charge in [0, 0.05) is 17.7 Å². The van der Waals surface area contributed by atoms with Crippen molar-refractivity contribution in [2.45, 2.75) is 56.4 Å². The number of aliphatic carboxylic acids is 1. The highest BCUT2D eigenvalue weighted by atomic mass is 19.1. The minimum atomic E-state index is -0.973. The third-order valence-electron chi connectivity index (χ3n) is 5.46. The Morgan fingerprint density at radius 2 is 1.88 bits per heavy atom. The SMILES string of the molecule is O=C(O)[C@@H]1CC[C@H](NC(=O)C2(c3ccc(F)cc3F)CCCC2)C1. The minimum absolute atomic E-state index is 0.195. The number of carboxylic acid groups (broad SMARTS) is 1. The molecular formula is C18H21F2NO3. The Morgan fingerprint density at radius 3 is 2.46 bits per heavy atom. The highest BCUT2D eigenvalue weighted by molar-refractivity contribution is 5.89. The van der Waals surface area contributed by atoms with E-state index in [1.807, 2.05) is 0 Å². The molecule has 0 unspecified atom stereocenters. The number of hydrogen-bond donors (Lipinski definition) is 2. The Kier molecular flexibility index (Phi) is 4.56. The van der Waals surface area contributed by atoms with Gasteiger partial charge in [-0.25, -0.2) is 8.78 Å². The van der Waals surface area contributed by atoms with Gasteiger partial charge < -0.3 is 10.4 Å². The zero-order valence-corrected chi connectivity index (χ0v) is 13.4. The second-order valence-electron chi connectivity index (χ2n) is 6.93. The second kappa shape index (κ2) is 6.49. The molecule has 4 nitrogen and oxygen atoms in total. The highest BCUT2D eigenvalue weighted by Crippen LogP contribution is 2.43. The van der Waals surface area contributed by atoms with Crippen LogP contribution in [0, 0.1) is 17.6 Å². The molecule has 0 aliphatic heterocycles. The molecular weight excluding hydrogens is 316 g/mol. The summed E-state index contributed by atoms with van der Waals surface area (Å²) in [5, 5.41) is 12.0. The molecule has 2 N–H and O–H groups in total. The number of rotatable bonds is 4. The molecule has 2 fully saturated rings. The smallest absolute Gasteiger partial charge is 0.306 e. The van der Waals surface area contributed by atoms with Gasteiger partial charge in [0.05, 0.1) is 11.3 Å². The van der Waals surface area contributed by atoms with E-state index in [1.165, 1.54) is 12.1 Å². The highest BCUT2D eigenvalue weighted by Gasteiger charge is 2.45. The van der Waals surface area contributed by atoms with Crippen molar-refractivity contribution in [3.8, 4) is 0 Å². The second-order valence-corrected chi connectivity index (χ2v) is 6.93. The molecule has 0 aromatic heterocycles. The summed E-state index contributed by atoms with van der Waals surface area (Å²) < 4.78 is 27.5. The van der Waals surface area contributed by atoms with Gasteiger partial charge in [-0.2, -0.15) is 0 Å². The maximum absolute atomic E-state index is 14.3. The first-order valence-electron chi connectivity index (χ1n) is 8.42. The largest absolute Gasteiger partial charge is 0.481 e. The Morgan fingerprint density at radius 1 is 1.17 bits per heavy atom. The third-order valence-corrected chi connectivity index (χ3v) is 5.46. The monoisotopic (exact) mass is 337 g/mol. The normalized spacial score (nSPS) is 25.6. The molecule has 1 amide bonds. The van der Waals surface area contributed by atoms with Gasteiger partial charge in [0.1, 0.15) is 11.6 Å². The Bertz CT molecular complexity index is 656. The number of hydrogen-bond acceptors (Lipinski definition) is 2. The van der Waals surface area contributed by atoms with Crippen LogP contribution in [0.25, 0.3) is 0 Å². The number of carbonyl (C=O) groups excluding carboxylic acids is 1.